The van der Waals surface area contributed by atoms with Crippen LogP contribution in [0.4, 0.5) is 4.39 Å². The van der Waals surface area contributed by atoms with Crippen LogP contribution in [-0.4, -0.2) is 47.0 Å². The van der Waals surface area contributed by atoms with Crippen LogP contribution in [0, 0.1) is 5.82 Å². The summed E-state index contributed by atoms with van der Waals surface area (Å²) in [6.45, 7) is 7.27. The number of benzene rings is 3. The third-order valence-electron chi connectivity index (χ3n) is 7.49. The van der Waals surface area contributed by atoms with Gasteiger partial charge in [0.1, 0.15) is 11.4 Å². The highest BCUT2D eigenvalue weighted by Gasteiger charge is 2.41. The summed E-state index contributed by atoms with van der Waals surface area (Å²) in [5, 5.41) is 0. The highest BCUT2D eigenvalue weighted by molar-refractivity contribution is 5.85. The molecule has 1 fully saturated rings. The summed E-state index contributed by atoms with van der Waals surface area (Å²) in [7, 11) is 0. The Hall–Kier alpha value is -3.02. The molecule has 0 N–H and O–H groups in total. The predicted octanol–water partition coefficient (Wildman–Crippen LogP) is 5.76. The zero-order valence-electron chi connectivity index (χ0n) is 21.2. The van der Waals surface area contributed by atoms with Crippen LogP contribution >= 0.6 is 0 Å². The number of halogens is 1. The molecular formula is C31H35FN2O2. The SMILES string of the molecule is CC(C)(OC1CCN(Cc2ccccc2)CC1)C(=O)N1CCc2ccccc2[C@@H]1c1ccc(F)cc1. The van der Waals surface area contributed by atoms with E-state index in [4.69, 9.17) is 4.74 Å². The first-order valence-corrected chi connectivity index (χ1v) is 13.0. The van der Waals surface area contributed by atoms with Gasteiger partial charge >= 0.3 is 0 Å². The molecular weight excluding hydrogens is 451 g/mol. The zero-order valence-corrected chi connectivity index (χ0v) is 21.2. The molecule has 36 heavy (non-hydrogen) atoms. The normalized spacial score (nSPS) is 19.2. The van der Waals surface area contributed by atoms with Crippen LogP contribution in [0.3, 0.4) is 0 Å². The van der Waals surface area contributed by atoms with E-state index in [0.717, 1.165) is 50.0 Å². The van der Waals surface area contributed by atoms with E-state index in [0.29, 0.717) is 6.54 Å². The largest absolute Gasteiger partial charge is 0.362 e. The van der Waals surface area contributed by atoms with Crippen molar-refractivity contribution in [3.8, 4) is 0 Å². The Morgan fingerprint density at radius 1 is 0.917 bits per heavy atom. The Balaban J connectivity index is 1.28. The molecule has 0 unspecified atom stereocenters. The van der Waals surface area contributed by atoms with Gasteiger partial charge in [0.15, 0.2) is 0 Å². The summed E-state index contributed by atoms with van der Waals surface area (Å²) in [5.41, 5.74) is 3.64. The van der Waals surface area contributed by atoms with E-state index in [2.05, 4.69) is 41.3 Å². The molecule has 3 aromatic carbocycles. The van der Waals surface area contributed by atoms with Crippen molar-refractivity contribution in [2.75, 3.05) is 19.6 Å². The van der Waals surface area contributed by atoms with Crippen molar-refractivity contribution in [3.63, 3.8) is 0 Å². The Morgan fingerprint density at radius 3 is 2.31 bits per heavy atom. The number of carbonyl (C=O) groups excluding carboxylic acids is 1. The standard InChI is InChI=1S/C31H35FN2O2/c1-31(2,36-27-17-19-33(20-18-27)22-23-8-4-3-5-9-23)30(35)34-21-16-24-10-6-7-11-28(24)29(34)25-12-14-26(32)15-13-25/h3-15,27,29H,16-22H2,1-2H3/t29-/m0/s1. The lowest BCUT2D eigenvalue weighted by atomic mass is 9.87. The highest BCUT2D eigenvalue weighted by Crippen LogP contribution is 2.37. The lowest BCUT2D eigenvalue weighted by molar-refractivity contribution is -0.166. The number of fused-ring (bicyclic) bond motifs is 1. The molecule has 0 radical (unpaired) electrons. The van der Waals surface area contributed by atoms with Gasteiger partial charge in [-0.2, -0.15) is 0 Å². The molecule has 2 aliphatic rings. The number of hydrogen-bond acceptors (Lipinski definition) is 3. The van der Waals surface area contributed by atoms with Gasteiger partial charge in [-0.25, -0.2) is 4.39 Å². The molecule has 2 heterocycles. The van der Waals surface area contributed by atoms with Crippen LogP contribution in [0.1, 0.15) is 55.0 Å². The Kier molecular flexibility index (Phi) is 7.22. The topological polar surface area (TPSA) is 32.8 Å². The number of carbonyl (C=O) groups is 1. The summed E-state index contributed by atoms with van der Waals surface area (Å²) >= 11 is 0. The molecule has 1 atom stereocenters. The summed E-state index contributed by atoms with van der Waals surface area (Å²) in [4.78, 5) is 18.4. The molecule has 5 rings (SSSR count). The fraction of sp³-hybridized carbons (Fsp3) is 0.387. The van der Waals surface area contributed by atoms with E-state index >= 15 is 0 Å². The number of nitrogens with zero attached hydrogens (tertiary/aromatic N) is 2. The van der Waals surface area contributed by atoms with Gasteiger partial charge in [0.25, 0.3) is 5.91 Å². The van der Waals surface area contributed by atoms with Crippen LogP contribution in [-0.2, 0) is 22.5 Å². The van der Waals surface area contributed by atoms with Gasteiger partial charge in [0.05, 0.1) is 12.1 Å². The smallest absolute Gasteiger partial charge is 0.255 e. The van der Waals surface area contributed by atoms with Crippen molar-refractivity contribution < 1.29 is 13.9 Å². The minimum Gasteiger partial charge on any atom is -0.362 e. The van der Waals surface area contributed by atoms with Crippen LogP contribution in [0.5, 0.6) is 0 Å². The molecule has 1 amide bonds. The molecule has 0 aliphatic carbocycles. The van der Waals surface area contributed by atoms with Gasteiger partial charge in [-0.15, -0.1) is 0 Å². The van der Waals surface area contributed by atoms with Crippen molar-refractivity contribution in [2.24, 2.45) is 0 Å². The monoisotopic (exact) mass is 486 g/mol. The molecule has 0 saturated carbocycles. The van der Waals surface area contributed by atoms with E-state index in [1.54, 1.807) is 12.1 Å². The molecule has 1 saturated heterocycles. The second-order valence-corrected chi connectivity index (χ2v) is 10.5. The van der Waals surface area contributed by atoms with E-state index < -0.39 is 5.60 Å². The van der Waals surface area contributed by atoms with E-state index in [1.807, 2.05) is 36.9 Å². The van der Waals surface area contributed by atoms with Crippen LogP contribution < -0.4 is 0 Å². The maximum atomic E-state index is 14.0. The van der Waals surface area contributed by atoms with Crippen molar-refractivity contribution >= 4 is 5.91 Å². The maximum Gasteiger partial charge on any atom is 0.255 e. The second kappa shape index (κ2) is 10.5. The third kappa shape index (κ3) is 5.37. The summed E-state index contributed by atoms with van der Waals surface area (Å²) < 4.78 is 20.2. The molecule has 4 nitrogen and oxygen atoms in total. The van der Waals surface area contributed by atoms with Gasteiger partial charge in [-0.3, -0.25) is 9.69 Å². The molecule has 2 aliphatic heterocycles. The molecule has 0 bridgehead atoms. The molecule has 3 aromatic rings. The fourth-order valence-electron chi connectivity index (χ4n) is 5.63. The number of amides is 1. The van der Waals surface area contributed by atoms with Gasteiger partial charge in [-0.05, 0) is 67.5 Å². The first kappa shape index (κ1) is 24.7. The minimum atomic E-state index is -0.948. The lowest BCUT2D eigenvalue weighted by Gasteiger charge is -2.43. The Morgan fingerprint density at radius 2 is 1.58 bits per heavy atom. The van der Waals surface area contributed by atoms with Crippen molar-refractivity contribution in [2.45, 2.75) is 57.4 Å². The summed E-state index contributed by atoms with van der Waals surface area (Å²) in [6, 6.07) is 25.1. The minimum absolute atomic E-state index is 0.0157. The van der Waals surface area contributed by atoms with E-state index in [1.165, 1.54) is 23.3 Å². The average Bonchev–Trinajstić information content (AvgIpc) is 2.90. The average molecular weight is 487 g/mol. The van der Waals surface area contributed by atoms with Gasteiger partial charge in [0, 0.05) is 26.2 Å². The van der Waals surface area contributed by atoms with Crippen molar-refractivity contribution in [3.05, 3.63) is 107 Å². The van der Waals surface area contributed by atoms with Crippen LogP contribution in [0.15, 0.2) is 78.9 Å². The number of rotatable bonds is 6. The fourth-order valence-corrected chi connectivity index (χ4v) is 5.63. The molecule has 0 aromatic heterocycles. The lowest BCUT2D eigenvalue weighted by Crippen LogP contribution is -2.52. The molecule has 5 heteroatoms. The van der Waals surface area contributed by atoms with Crippen molar-refractivity contribution in [1.29, 1.82) is 0 Å². The predicted molar refractivity (Wildman–Crippen MR) is 140 cm³/mol. The third-order valence-corrected chi connectivity index (χ3v) is 7.49. The maximum absolute atomic E-state index is 14.0. The number of hydrogen-bond donors (Lipinski definition) is 0. The zero-order chi connectivity index (χ0) is 25.1. The Labute approximate surface area is 213 Å². The van der Waals surface area contributed by atoms with E-state index in [9.17, 15) is 9.18 Å². The van der Waals surface area contributed by atoms with Gasteiger partial charge in [0.2, 0.25) is 0 Å². The quantitative estimate of drug-likeness (QED) is 0.444. The first-order valence-electron chi connectivity index (χ1n) is 13.0. The van der Waals surface area contributed by atoms with Gasteiger partial charge in [-0.1, -0.05) is 66.7 Å². The highest BCUT2D eigenvalue weighted by atomic mass is 19.1. The molecule has 188 valence electrons. The number of likely N-dealkylation sites (tertiary alicyclic amines) is 1. The Bertz CT molecular complexity index is 1170. The number of ether oxygens (including phenoxy) is 1. The van der Waals surface area contributed by atoms with Crippen molar-refractivity contribution in [1.82, 2.24) is 9.80 Å². The number of piperidine rings is 1. The van der Waals surface area contributed by atoms with Crippen LogP contribution in [0.25, 0.3) is 0 Å². The van der Waals surface area contributed by atoms with Crippen LogP contribution in [0.2, 0.25) is 0 Å². The summed E-state index contributed by atoms with van der Waals surface area (Å²) in [5.74, 6) is -0.291. The van der Waals surface area contributed by atoms with Gasteiger partial charge < -0.3 is 9.64 Å². The molecule has 0 spiro atoms. The summed E-state index contributed by atoms with van der Waals surface area (Å²) in [6.07, 6.45) is 2.67. The first-order chi connectivity index (χ1) is 17.4. The second-order valence-electron chi connectivity index (χ2n) is 10.5. The van der Waals surface area contributed by atoms with E-state index in [-0.39, 0.29) is 23.9 Å².